The molecule has 2 N–H and O–H groups in total. The van der Waals surface area contributed by atoms with Gasteiger partial charge in [-0.2, -0.15) is 5.10 Å². The summed E-state index contributed by atoms with van der Waals surface area (Å²) in [5.41, 5.74) is 7.19. The fourth-order valence-electron chi connectivity index (χ4n) is 4.15. The van der Waals surface area contributed by atoms with Crippen LogP contribution in [0.1, 0.15) is 35.3 Å². The van der Waals surface area contributed by atoms with E-state index in [4.69, 9.17) is 28.3 Å². The van der Waals surface area contributed by atoms with Crippen LogP contribution in [-0.4, -0.2) is 54.4 Å². The molecule has 0 bridgehead atoms. The smallest absolute Gasteiger partial charge is 0.283 e. The molecule has 2 aromatic carbocycles. The number of halogens is 2. The average Bonchev–Trinajstić information content (AvgIpc) is 3.48. The van der Waals surface area contributed by atoms with Gasteiger partial charge in [-0.3, -0.25) is 10.2 Å². The van der Waals surface area contributed by atoms with Gasteiger partial charge in [-0.15, -0.1) is 5.10 Å². The zero-order chi connectivity index (χ0) is 23.7. The van der Waals surface area contributed by atoms with Crippen molar-refractivity contribution in [3.63, 3.8) is 0 Å². The largest absolute Gasteiger partial charge is 0.286 e. The Bertz CT molecular complexity index is 1310. The number of piperidine rings is 1. The predicted molar refractivity (Wildman–Crippen MR) is 130 cm³/mol. The molecule has 1 amide bonds. The van der Waals surface area contributed by atoms with Crippen molar-refractivity contribution in [3.05, 3.63) is 63.8 Å². The zero-order valence-electron chi connectivity index (χ0n) is 18.4. The predicted octanol–water partition coefficient (Wildman–Crippen LogP) is 4.47. The second-order valence-corrected chi connectivity index (χ2v) is 8.99. The van der Waals surface area contributed by atoms with Crippen LogP contribution in [0.25, 0.3) is 28.3 Å². The molecule has 0 saturated carbocycles. The molecular weight excluding hydrogens is 475 g/mol. The second kappa shape index (κ2) is 9.54. The van der Waals surface area contributed by atoms with E-state index in [-0.39, 0.29) is 5.91 Å². The summed E-state index contributed by atoms with van der Waals surface area (Å²) in [6.07, 6.45) is 3.30. The number of tetrazole rings is 1. The van der Waals surface area contributed by atoms with Gasteiger partial charge in [0.2, 0.25) is 0 Å². The van der Waals surface area contributed by atoms with Crippen molar-refractivity contribution in [2.75, 3.05) is 13.1 Å². The summed E-state index contributed by atoms with van der Waals surface area (Å²) in [5.74, 6) is 0.327. The molecule has 1 fully saturated rings. The van der Waals surface area contributed by atoms with Crippen molar-refractivity contribution in [1.82, 2.24) is 40.8 Å². The number of nitrogens with zero attached hydrogens (tertiary/aromatic N) is 6. The fourth-order valence-corrected chi connectivity index (χ4v) is 4.64. The van der Waals surface area contributed by atoms with Gasteiger partial charge in [0, 0.05) is 34.8 Å². The third-order valence-electron chi connectivity index (χ3n) is 5.87. The van der Waals surface area contributed by atoms with Crippen molar-refractivity contribution in [3.8, 4) is 28.3 Å². The number of amides is 1. The molecule has 174 valence electrons. The Morgan fingerprint density at radius 3 is 2.44 bits per heavy atom. The van der Waals surface area contributed by atoms with Crippen LogP contribution >= 0.6 is 23.2 Å². The van der Waals surface area contributed by atoms with Gasteiger partial charge in [0.25, 0.3) is 5.91 Å². The number of benzene rings is 2. The molecule has 0 spiro atoms. The molecule has 11 heteroatoms. The number of aromatic nitrogens is 6. The van der Waals surface area contributed by atoms with Gasteiger partial charge in [0.05, 0.1) is 16.4 Å². The van der Waals surface area contributed by atoms with Crippen LogP contribution in [0.5, 0.6) is 0 Å². The Hall–Kier alpha value is -3.27. The third kappa shape index (κ3) is 4.42. The Balaban J connectivity index is 1.58. The van der Waals surface area contributed by atoms with E-state index in [0.29, 0.717) is 27.3 Å². The number of carbonyl (C=O) groups excluding carboxylic acids is 1. The molecular formula is C23H22Cl2N8O. The van der Waals surface area contributed by atoms with Crippen LogP contribution in [0.2, 0.25) is 10.0 Å². The lowest BCUT2D eigenvalue weighted by Crippen LogP contribution is -2.45. The standard InChI is InChI=1S/C23H22Cl2N8O/c1-14-20(23(34)29-32-11-3-2-4-12-32)28-33(19-10-9-17(24)13-18(19)25)21(14)15-5-7-16(8-6-15)22-26-30-31-27-22/h5-10,13H,2-4,11-12H2,1H3,(H,29,34)(H,26,27,30,31). The van der Waals surface area contributed by atoms with Crippen molar-refractivity contribution in [2.24, 2.45) is 0 Å². The number of hydrogen-bond acceptors (Lipinski definition) is 6. The summed E-state index contributed by atoms with van der Waals surface area (Å²) < 4.78 is 1.70. The Morgan fingerprint density at radius 1 is 1.03 bits per heavy atom. The minimum absolute atomic E-state index is 0.242. The van der Waals surface area contributed by atoms with Crippen LogP contribution in [-0.2, 0) is 0 Å². The van der Waals surface area contributed by atoms with E-state index < -0.39 is 0 Å². The number of hydrogen-bond donors (Lipinski definition) is 2. The summed E-state index contributed by atoms with van der Waals surface area (Å²) in [6.45, 7) is 3.56. The van der Waals surface area contributed by atoms with E-state index in [2.05, 4.69) is 26.0 Å². The summed E-state index contributed by atoms with van der Waals surface area (Å²) in [5, 5.41) is 21.6. The lowest BCUT2D eigenvalue weighted by Gasteiger charge is -2.26. The number of rotatable bonds is 5. The van der Waals surface area contributed by atoms with E-state index in [1.165, 1.54) is 6.42 Å². The molecule has 1 aliphatic heterocycles. The Morgan fingerprint density at radius 2 is 1.76 bits per heavy atom. The number of H-pyrrole nitrogens is 1. The third-order valence-corrected chi connectivity index (χ3v) is 6.41. The van der Waals surface area contributed by atoms with Crippen LogP contribution < -0.4 is 5.43 Å². The molecule has 0 aliphatic carbocycles. The molecule has 9 nitrogen and oxygen atoms in total. The van der Waals surface area contributed by atoms with E-state index in [9.17, 15) is 4.79 Å². The SMILES string of the molecule is Cc1c(C(=O)NN2CCCCC2)nn(-c2ccc(Cl)cc2Cl)c1-c1ccc(-c2nnn[nH]2)cc1. The molecule has 2 aromatic heterocycles. The summed E-state index contributed by atoms with van der Waals surface area (Å²) in [6, 6.07) is 12.9. The topological polar surface area (TPSA) is 105 Å². The maximum absolute atomic E-state index is 13.2. The van der Waals surface area contributed by atoms with Crippen molar-refractivity contribution < 1.29 is 4.79 Å². The maximum Gasteiger partial charge on any atom is 0.286 e. The van der Waals surface area contributed by atoms with Crippen LogP contribution in [0.4, 0.5) is 0 Å². The first-order chi connectivity index (χ1) is 16.5. The first-order valence-corrected chi connectivity index (χ1v) is 11.7. The molecule has 1 saturated heterocycles. The lowest BCUT2D eigenvalue weighted by molar-refractivity contribution is 0.0743. The summed E-state index contributed by atoms with van der Waals surface area (Å²) >= 11 is 12.7. The van der Waals surface area contributed by atoms with E-state index in [1.807, 2.05) is 36.2 Å². The maximum atomic E-state index is 13.2. The average molecular weight is 497 g/mol. The monoisotopic (exact) mass is 496 g/mol. The minimum atomic E-state index is -0.242. The van der Waals surface area contributed by atoms with Crippen molar-refractivity contribution >= 4 is 29.1 Å². The molecule has 0 radical (unpaired) electrons. The van der Waals surface area contributed by atoms with Crippen LogP contribution in [0.15, 0.2) is 42.5 Å². The van der Waals surface area contributed by atoms with Crippen LogP contribution in [0, 0.1) is 6.92 Å². The quantitative estimate of drug-likeness (QED) is 0.422. The number of aromatic amines is 1. The highest BCUT2D eigenvalue weighted by molar-refractivity contribution is 6.35. The number of nitrogens with one attached hydrogen (secondary N) is 2. The molecule has 0 atom stereocenters. The highest BCUT2D eigenvalue weighted by atomic mass is 35.5. The highest BCUT2D eigenvalue weighted by Crippen LogP contribution is 2.33. The normalized spacial score (nSPS) is 14.3. The van der Waals surface area contributed by atoms with Gasteiger partial charge in [-0.1, -0.05) is 53.9 Å². The highest BCUT2D eigenvalue weighted by Gasteiger charge is 2.25. The summed E-state index contributed by atoms with van der Waals surface area (Å²) in [7, 11) is 0. The Labute approximate surface area is 206 Å². The molecule has 5 rings (SSSR count). The second-order valence-electron chi connectivity index (χ2n) is 8.15. The van der Waals surface area contributed by atoms with Gasteiger partial charge in [-0.05, 0) is 48.4 Å². The minimum Gasteiger partial charge on any atom is -0.283 e. The van der Waals surface area contributed by atoms with Gasteiger partial charge < -0.3 is 0 Å². The lowest BCUT2D eigenvalue weighted by atomic mass is 10.0. The molecule has 3 heterocycles. The fraction of sp³-hybridized carbons (Fsp3) is 0.261. The van der Waals surface area contributed by atoms with Crippen molar-refractivity contribution in [2.45, 2.75) is 26.2 Å². The molecule has 1 aliphatic rings. The number of carbonyl (C=O) groups is 1. The van der Waals surface area contributed by atoms with E-state index in [0.717, 1.165) is 48.3 Å². The molecule has 0 unspecified atom stereocenters. The van der Waals surface area contributed by atoms with Gasteiger partial charge in [0.15, 0.2) is 11.5 Å². The number of hydrazine groups is 1. The summed E-state index contributed by atoms with van der Waals surface area (Å²) in [4.78, 5) is 13.2. The molecule has 34 heavy (non-hydrogen) atoms. The molecule has 4 aromatic rings. The van der Waals surface area contributed by atoms with Crippen molar-refractivity contribution in [1.29, 1.82) is 0 Å². The van der Waals surface area contributed by atoms with E-state index in [1.54, 1.807) is 22.9 Å². The van der Waals surface area contributed by atoms with Gasteiger partial charge in [-0.25, -0.2) is 14.8 Å². The zero-order valence-corrected chi connectivity index (χ0v) is 19.9. The van der Waals surface area contributed by atoms with Crippen LogP contribution in [0.3, 0.4) is 0 Å². The van der Waals surface area contributed by atoms with Gasteiger partial charge in [0.1, 0.15) is 0 Å². The first-order valence-electron chi connectivity index (χ1n) is 11.0. The first kappa shape index (κ1) is 22.5. The Kier molecular flexibility index (Phi) is 6.32. The van der Waals surface area contributed by atoms with Gasteiger partial charge >= 0.3 is 0 Å². The van der Waals surface area contributed by atoms with E-state index >= 15 is 0 Å².